The molecule has 0 radical (unpaired) electrons. The van der Waals surface area contributed by atoms with Crippen LogP contribution in [-0.2, 0) is 6.42 Å². The topological polar surface area (TPSA) is 41.0 Å². The summed E-state index contributed by atoms with van der Waals surface area (Å²) in [5.74, 6) is 0. The number of nitrogens with one attached hydrogen (secondary N) is 1. The summed E-state index contributed by atoms with van der Waals surface area (Å²) in [5.41, 5.74) is 3.28. The number of nitrogens with zero attached hydrogens (tertiary/aromatic N) is 2. The Morgan fingerprint density at radius 3 is 2.52 bits per heavy atom. The lowest BCUT2D eigenvalue weighted by atomic mass is 10.0. The van der Waals surface area contributed by atoms with Gasteiger partial charge in [-0.1, -0.05) is 35.9 Å². The van der Waals surface area contributed by atoms with E-state index in [-0.39, 0.29) is 11.7 Å². The number of imidazole rings is 1. The van der Waals surface area contributed by atoms with E-state index in [0.717, 1.165) is 55.0 Å². The van der Waals surface area contributed by atoms with Gasteiger partial charge in [-0.05, 0) is 49.1 Å². The Balaban J connectivity index is 1.38. The molecule has 25 heavy (non-hydrogen) atoms. The third-order valence-corrected chi connectivity index (χ3v) is 5.43. The molecule has 1 aliphatic rings. The molecule has 1 aliphatic heterocycles. The van der Waals surface area contributed by atoms with Gasteiger partial charge in [-0.15, -0.1) is 0 Å². The van der Waals surface area contributed by atoms with Crippen molar-refractivity contribution in [2.75, 3.05) is 19.6 Å². The number of aromatic amines is 1. The van der Waals surface area contributed by atoms with Crippen LogP contribution in [0, 0.1) is 0 Å². The predicted octanol–water partition coefficient (Wildman–Crippen LogP) is 3.86. The first-order valence-corrected chi connectivity index (χ1v) is 9.24. The number of H-pyrrole nitrogens is 1. The van der Waals surface area contributed by atoms with Crippen LogP contribution in [0.15, 0.2) is 53.3 Å². The Bertz CT molecular complexity index is 905. The van der Waals surface area contributed by atoms with Gasteiger partial charge in [-0.3, -0.25) is 4.57 Å². The summed E-state index contributed by atoms with van der Waals surface area (Å²) in [5, 5.41) is 0.786. The van der Waals surface area contributed by atoms with Gasteiger partial charge in [0.2, 0.25) is 0 Å². The number of halogens is 1. The lowest BCUT2D eigenvalue weighted by Crippen LogP contribution is -2.37. The lowest BCUT2D eigenvalue weighted by Gasteiger charge is -2.32. The Labute approximate surface area is 152 Å². The number of benzene rings is 2. The normalized spacial score (nSPS) is 16.5. The van der Waals surface area contributed by atoms with Crippen LogP contribution in [0.3, 0.4) is 0 Å². The molecule has 1 fully saturated rings. The first-order chi connectivity index (χ1) is 12.2. The molecular weight excluding hydrogens is 334 g/mol. The van der Waals surface area contributed by atoms with Crippen LogP contribution in [-0.4, -0.2) is 34.1 Å². The fraction of sp³-hybridized carbons (Fsp3) is 0.350. The van der Waals surface area contributed by atoms with Gasteiger partial charge >= 0.3 is 5.69 Å². The Morgan fingerprint density at radius 2 is 1.76 bits per heavy atom. The van der Waals surface area contributed by atoms with Crippen molar-refractivity contribution in [1.82, 2.24) is 14.5 Å². The Hall–Kier alpha value is -2.04. The van der Waals surface area contributed by atoms with E-state index in [4.69, 9.17) is 11.6 Å². The molecule has 0 bridgehead atoms. The zero-order valence-electron chi connectivity index (χ0n) is 14.1. The highest BCUT2D eigenvalue weighted by atomic mass is 35.5. The second-order valence-electron chi connectivity index (χ2n) is 6.77. The van der Waals surface area contributed by atoms with E-state index in [0.29, 0.717) is 0 Å². The summed E-state index contributed by atoms with van der Waals surface area (Å²) in [6, 6.07) is 16.3. The molecule has 130 valence electrons. The summed E-state index contributed by atoms with van der Waals surface area (Å²) in [6.07, 6.45) is 3.07. The van der Waals surface area contributed by atoms with Crippen LogP contribution in [0.1, 0.15) is 24.4 Å². The molecule has 1 aromatic heterocycles. The summed E-state index contributed by atoms with van der Waals surface area (Å²) in [7, 11) is 0. The third kappa shape index (κ3) is 3.51. The van der Waals surface area contributed by atoms with E-state index in [1.54, 1.807) is 0 Å². The maximum atomic E-state index is 12.3. The largest absolute Gasteiger partial charge is 0.326 e. The van der Waals surface area contributed by atoms with Crippen LogP contribution >= 0.6 is 11.6 Å². The van der Waals surface area contributed by atoms with Crippen LogP contribution in [0.25, 0.3) is 11.0 Å². The minimum atomic E-state index is 0.0146. The van der Waals surface area contributed by atoms with Gasteiger partial charge < -0.3 is 9.88 Å². The number of para-hydroxylation sites is 2. The molecule has 0 spiro atoms. The minimum Gasteiger partial charge on any atom is -0.306 e. The average Bonchev–Trinajstić information content (AvgIpc) is 2.97. The maximum absolute atomic E-state index is 12.3. The van der Waals surface area contributed by atoms with E-state index >= 15 is 0 Å². The van der Waals surface area contributed by atoms with Crippen LogP contribution in [0.5, 0.6) is 0 Å². The molecule has 4 rings (SSSR count). The molecule has 2 aromatic carbocycles. The standard InChI is InChI=1S/C20H22ClN3O/c21-16-7-5-15(6-8-16)9-12-23-13-10-17(11-14-23)24-19-4-2-1-3-18(19)22-20(24)25/h1-8,17H,9-14H2,(H,22,25). The first kappa shape index (κ1) is 16.4. The smallest absolute Gasteiger partial charge is 0.306 e. The van der Waals surface area contributed by atoms with Gasteiger partial charge in [0, 0.05) is 30.7 Å². The van der Waals surface area contributed by atoms with Crippen molar-refractivity contribution >= 4 is 22.6 Å². The molecule has 0 amide bonds. The molecule has 4 nitrogen and oxygen atoms in total. The van der Waals surface area contributed by atoms with Gasteiger partial charge in [0.15, 0.2) is 0 Å². The summed E-state index contributed by atoms with van der Waals surface area (Å²) < 4.78 is 1.95. The number of piperidine rings is 1. The van der Waals surface area contributed by atoms with E-state index in [1.807, 2.05) is 41.0 Å². The van der Waals surface area contributed by atoms with Crippen molar-refractivity contribution in [1.29, 1.82) is 0 Å². The molecule has 3 aromatic rings. The van der Waals surface area contributed by atoms with Gasteiger partial charge in [0.05, 0.1) is 11.0 Å². The van der Waals surface area contributed by atoms with Crippen LogP contribution in [0.2, 0.25) is 5.02 Å². The monoisotopic (exact) mass is 355 g/mol. The van der Waals surface area contributed by atoms with Gasteiger partial charge in [0.25, 0.3) is 0 Å². The van der Waals surface area contributed by atoms with Gasteiger partial charge in [0.1, 0.15) is 0 Å². The Morgan fingerprint density at radius 1 is 1.04 bits per heavy atom. The summed E-state index contributed by atoms with van der Waals surface area (Å²) >= 11 is 5.94. The molecule has 1 saturated heterocycles. The van der Waals surface area contributed by atoms with E-state index < -0.39 is 0 Å². The molecule has 5 heteroatoms. The highest BCUT2D eigenvalue weighted by Gasteiger charge is 2.23. The van der Waals surface area contributed by atoms with Crippen molar-refractivity contribution in [2.45, 2.75) is 25.3 Å². The van der Waals surface area contributed by atoms with E-state index in [2.05, 4.69) is 22.0 Å². The third-order valence-electron chi connectivity index (χ3n) is 5.18. The zero-order chi connectivity index (χ0) is 17.2. The van der Waals surface area contributed by atoms with E-state index in [9.17, 15) is 4.79 Å². The van der Waals surface area contributed by atoms with Gasteiger partial charge in [-0.25, -0.2) is 4.79 Å². The summed E-state index contributed by atoms with van der Waals surface area (Å²) in [4.78, 5) is 17.8. The van der Waals surface area contributed by atoms with Crippen molar-refractivity contribution in [3.63, 3.8) is 0 Å². The SMILES string of the molecule is O=c1[nH]c2ccccc2n1C1CCN(CCc2ccc(Cl)cc2)CC1. The second kappa shape index (κ2) is 7.06. The zero-order valence-corrected chi connectivity index (χ0v) is 14.9. The minimum absolute atomic E-state index is 0.0146. The molecule has 1 N–H and O–H groups in total. The number of rotatable bonds is 4. The molecule has 0 unspecified atom stereocenters. The second-order valence-corrected chi connectivity index (χ2v) is 7.20. The van der Waals surface area contributed by atoms with Gasteiger partial charge in [-0.2, -0.15) is 0 Å². The van der Waals surface area contributed by atoms with Crippen molar-refractivity contribution < 1.29 is 0 Å². The molecule has 0 saturated carbocycles. The maximum Gasteiger partial charge on any atom is 0.326 e. The fourth-order valence-electron chi connectivity index (χ4n) is 3.78. The Kier molecular flexibility index (Phi) is 4.64. The quantitative estimate of drug-likeness (QED) is 0.772. The average molecular weight is 356 g/mol. The fourth-order valence-corrected chi connectivity index (χ4v) is 3.90. The molecule has 0 atom stereocenters. The number of hydrogen-bond donors (Lipinski definition) is 1. The number of fused-ring (bicyclic) bond motifs is 1. The number of hydrogen-bond acceptors (Lipinski definition) is 2. The highest BCUT2D eigenvalue weighted by Crippen LogP contribution is 2.25. The number of likely N-dealkylation sites (tertiary alicyclic amines) is 1. The van der Waals surface area contributed by atoms with Crippen LogP contribution in [0.4, 0.5) is 0 Å². The van der Waals surface area contributed by atoms with Crippen LogP contribution < -0.4 is 5.69 Å². The highest BCUT2D eigenvalue weighted by molar-refractivity contribution is 6.30. The van der Waals surface area contributed by atoms with Crippen molar-refractivity contribution in [3.05, 3.63) is 69.6 Å². The predicted molar refractivity (Wildman–Crippen MR) is 102 cm³/mol. The number of aromatic nitrogens is 2. The van der Waals surface area contributed by atoms with Crippen molar-refractivity contribution in [2.24, 2.45) is 0 Å². The molecule has 0 aliphatic carbocycles. The van der Waals surface area contributed by atoms with Crippen molar-refractivity contribution in [3.8, 4) is 0 Å². The first-order valence-electron chi connectivity index (χ1n) is 8.87. The molecular formula is C20H22ClN3O. The summed E-state index contributed by atoms with van der Waals surface area (Å²) in [6.45, 7) is 3.12. The molecule has 2 heterocycles. The lowest BCUT2D eigenvalue weighted by molar-refractivity contribution is 0.188. The van der Waals surface area contributed by atoms with E-state index in [1.165, 1.54) is 5.56 Å².